The summed E-state index contributed by atoms with van der Waals surface area (Å²) in [6.45, 7) is 4.23. The standard InChI is InChI=1S/C18H20N2O2S/c1-13(2)20-12-17(14-7-5-4-6-8-14)16-10-9-15(11-18(16)20)19-23(3,21)22/h4-13,19H,1-3H3. The van der Waals surface area contributed by atoms with E-state index in [0.29, 0.717) is 5.69 Å². The zero-order valence-electron chi connectivity index (χ0n) is 13.4. The van der Waals surface area contributed by atoms with Gasteiger partial charge in [0.1, 0.15) is 0 Å². The number of anilines is 1. The Morgan fingerprint density at radius 3 is 2.35 bits per heavy atom. The molecule has 1 heterocycles. The lowest BCUT2D eigenvalue weighted by Gasteiger charge is -2.10. The minimum atomic E-state index is -3.28. The highest BCUT2D eigenvalue weighted by Gasteiger charge is 2.13. The summed E-state index contributed by atoms with van der Waals surface area (Å²) in [5.41, 5.74) is 3.91. The molecular formula is C18H20N2O2S. The molecule has 2 aromatic carbocycles. The predicted molar refractivity (Wildman–Crippen MR) is 96.2 cm³/mol. The third-order valence-electron chi connectivity index (χ3n) is 3.78. The summed E-state index contributed by atoms with van der Waals surface area (Å²) < 4.78 is 27.6. The van der Waals surface area contributed by atoms with Crippen molar-refractivity contribution in [1.29, 1.82) is 0 Å². The highest BCUT2D eigenvalue weighted by Crippen LogP contribution is 2.34. The number of sulfonamides is 1. The second kappa shape index (κ2) is 5.74. The average Bonchev–Trinajstić information content (AvgIpc) is 2.85. The van der Waals surface area contributed by atoms with Crippen molar-refractivity contribution < 1.29 is 8.42 Å². The highest BCUT2D eigenvalue weighted by molar-refractivity contribution is 7.92. The molecule has 0 atom stereocenters. The minimum absolute atomic E-state index is 0.281. The first kappa shape index (κ1) is 15.6. The predicted octanol–water partition coefficient (Wildman–Crippen LogP) is 4.26. The van der Waals surface area contributed by atoms with Gasteiger partial charge in [0.2, 0.25) is 10.0 Å². The van der Waals surface area contributed by atoms with Crippen LogP contribution < -0.4 is 4.72 Å². The van der Waals surface area contributed by atoms with Crippen LogP contribution in [0.15, 0.2) is 54.7 Å². The Balaban J connectivity index is 2.21. The number of rotatable bonds is 4. The average molecular weight is 328 g/mol. The molecule has 0 amide bonds. The molecule has 23 heavy (non-hydrogen) atoms. The van der Waals surface area contributed by atoms with Gasteiger partial charge in [-0.1, -0.05) is 36.4 Å². The fraction of sp³-hybridized carbons (Fsp3) is 0.222. The van der Waals surface area contributed by atoms with Crippen molar-refractivity contribution in [3.05, 3.63) is 54.7 Å². The molecule has 0 radical (unpaired) electrons. The molecule has 0 unspecified atom stereocenters. The van der Waals surface area contributed by atoms with Crippen LogP contribution in [0.25, 0.3) is 22.0 Å². The van der Waals surface area contributed by atoms with Crippen molar-refractivity contribution in [2.24, 2.45) is 0 Å². The number of fused-ring (bicyclic) bond motifs is 1. The molecule has 3 aromatic rings. The zero-order chi connectivity index (χ0) is 16.6. The third-order valence-corrected chi connectivity index (χ3v) is 4.39. The highest BCUT2D eigenvalue weighted by atomic mass is 32.2. The number of aromatic nitrogens is 1. The molecule has 0 spiro atoms. The van der Waals surface area contributed by atoms with Crippen LogP contribution in [0.3, 0.4) is 0 Å². The molecule has 0 aliphatic rings. The summed E-state index contributed by atoms with van der Waals surface area (Å²) in [4.78, 5) is 0. The molecule has 0 saturated heterocycles. The van der Waals surface area contributed by atoms with Crippen molar-refractivity contribution in [2.75, 3.05) is 11.0 Å². The fourth-order valence-corrected chi connectivity index (χ4v) is 3.36. The maximum atomic E-state index is 11.5. The van der Waals surface area contributed by atoms with E-state index in [2.05, 4.69) is 41.5 Å². The van der Waals surface area contributed by atoms with Crippen molar-refractivity contribution in [3.8, 4) is 11.1 Å². The van der Waals surface area contributed by atoms with E-state index in [4.69, 9.17) is 0 Å². The second-order valence-electron chi connectivity index (χ2n) is 6.02. The van der Waals surface area contributed by atoms with Gasteiger partial charge in [-0.25, -0.2) is 8.42 Å². The van der Waals surface area contributed by atoms with E-state index in [0.717, 1.165) is 28.3 Å². The number of nitrogens with one attached hydrogen (secondary N) is 1. The van der Waals surface area contributed by atoms with Gasteiger partial charge < -0.3 is 4.57 Å². The Bertz CT molecular complexity index is 942. The van der Waals surface area contributed by atoms with Crippen molar-refractivity contribution in [3.63, 3.8) is 0 Å². The molecule has 0 aliphatic carbocycles. The first-order chi connectivity index (χ1) is 10.8. The maximum absolute atomic E-state index is 11.5. The number of hydrogen-bond acceptors (Lipinski definition) is 2. The Kier molecular flexibility index (Phi) is 3.90. The zero-order valence-corrected chi connectivity index (χ0v) is 14.3. The lowest BCUT2D eigenvalue weighted by atomic mass is 10.0. The SMILES string of the molecule is CC(C)n1cc(-c2ccccc2)c2ccc(NS(C)(=O)=O)cc21. The Labute approximate surface area is 136 Å². The Hall–Kier alpha value is -2.27. The van der Waals surface area contributed by atoms with Crippen LogP contribution in [0.4, 0.5) is 5.69 Å². The van der Waals surface area contributed by atoms with Gasteiger partial charge in [0.05, 0.1) is 17.5 Å². The molecule has 1 N–H and O–H groups in total. The summed E-state index contributed by atoms with van der Waals surface area (Å²) in [6.07, 6.45) is 3.29. The van der Waals surface area contributed by atoms with Crippen LogP contribution in [-0.4, -0.2) is 19.2 Å². The lowest BCUT2D eigenvalue weighted by molar-refractivity contribution is 0.607. The van der Waals surface area contributed by atoms with E-state index in [1.54, 1.807) is 6.07 Å². The van der Waals surface area contributed by atoms with Crippen LogP contribution in [0.1, 0.15) is 19.9 Å². The van der Waals surface area contributed by atoms with Crippen molar-refractivity contribution in [2.45, 2.75) is 19.9 Å². The topological polar surface area (TPSA) is 51.1 Å². The van der Waals surface area contributed by atoms with E-state index in [-0.39, 0.29) is 6.04 Å². The van der Waals surface area contributed by atoms with E-state index < -0.39 is 10.0 Å². The lowest BCUT2D eigenvalue weighted by Crippen LogP contribution is -2.09. The third kappa shape index (κ3) is 3.24. The van der Waals surface area contributed by atoms with Gasteiger partial charge >= 0.3 is 0 Å². The largest absolute Gasteiger partial charge is 0.344 e. The van der Waals surface area contributed by atoms with E-state index in [1.165, 1.54) is 0 Å². The summed E-state index contributed by atoms with van der Waals surface area (Å²) in [6, 6.07) is 16.2. The Morgan fingerprint density at radius 1 is 1.04 bits per heavy atom. The number of nitrogens with zero attached hydrogens (tertiary/aromatic N) is 1. The van der Waals surface area contributed by atoms with Crippen molar-refractivity contribution in [1.82, 2.24) is 4.57 Å². The fourth-order valence-electron chi connectivity index (χ4n) is 2.80. The molecule has 4 nitrogen and oxygen atoms in total. The first-order valence-corrected chi connectivity index (χ1v) is 9.42. The molecule has 0 saturated carbocycles. The second-order valence-corrected chi connectivity index (χ2v) is 7.76. The van der Waals surface area contributed by atoms with Crippen LogP contribution in [0.2, 0.25) is 0 Å². The van der Waals surface area contributed by atoms with Crippen LogP contribution in [0, 0.1) is 0 Å². The summed E-state index contributed by atoms with van der Waals surface area (Å²) in [7, 11) is -3.28. The quantitative estimate of drug-likeness (QED) is 0.778. The monoisotopic (exact) mass is 328 g/mol. The molecule has 3 rings (SSSR count). The summed E-state index contributed by atoms with van der Waals surface area (Å²) >= 11 is 0. The minimum Gasteiger partial charge on any atom is -0.344 e. The van der Waals surface area contributed by atoms with Gasteiger partial charge in [-0.05, 0) is 31.5 Å². The van der Waals surface area contributed by atoms with Gasteiger partial charge in [0, 0.05) is 23.2 Å². The van der Waals surface area contributed by atoms with Gasteiger partial charge in [0.25, 0.3) is 0 Å². The molecule has 0 fully saturated rings. The smallest absolute Gasteiger partial charge is 0.229 e. The van der Waals surface area contributed by atoms with Crippen LogP contribution >= 0.6 is 0 Å². The van der Waals surface area contributed by atoms with E-state index in [9.17, 15) is 8.42 Å². The van der Waals surface area contributed by atoms with Gasteiger partial charge in [-0.3, -0.25) is 4.72 Å². The maximum Gasteiger partial charge on any atom is 0.229 e. The van der Waals surface area contributed by atoms with Gasteiger partial charge in [-0.2, -0.15) is 0 Å². The van der Waals surface area contributed by atoms with Gasteiger partial charge in [0.15, 0.2) is 0 Å². The van der Waals surface area contributed by atoms with E-state index >= 15 is 0 Å². The Morgan fingerprint density at radius 2 is 1.74 bits per heavy atom. The van der Waals surface area contributed by atoms with Crippen LogP contribution in [0.5, 0.6) is 0 Å². The molecule has 120 valence electrons. The van der Waals surface area contributed by atoms with Gasteiger partial charge in [-0.15, -0.1) is 0 Å². The molecule has 5 heteroatoms. The summed E-state index contributed by atoms with van der Waals surface area (Å²) in [5.74, 6) is 0. The van der Waals surface area contributed by atoms with Crippen molar-refractivity contribution >= 4 is 26.6 Å². The number of benzene rings is 2. The number of hydrogen-bond donors (Lipinski definition) is 1. The molecule has 1 aromatic heterocycles. The summed E-state index contributed by atoms with van der Waals surface area (Å²) in [5, 5.41) is 1.11. The molecule has 0 aliphatic heterocycles. The molecular weight excluding hydrogens is 308 g/mol. The normalized spacial score (nSPS) is 12.0. The van der Waals surface area contributed by atoms with Crippen LogP contribution in [-0.2, 0) is 10.0 Å². The first-order valence-electron chi connectivity index (χ1n) is 7.53. The molecule has 0 bridgehead atoms. The van der Waals surface area contributed by atoms with E-state index in [1.807, 2.05) is 30.3 Å².